The Bertz CT molecular complexity index is 302. The monoisotopic (exact) mass is 237 g/mol. The molecule has 0 amide bonds. The van der Waals surface area contributed by atoms with Gasteiger partial charge in [-0.1, -0.05) is 37.3 Å². The number of nitrogens with zero attached hydrogens (tertiary/aromatic N) is 1. The van der Waals surface area contributed by atoms with Crippen LogP contribution in [-0.2, 0) is 4.74 Å². The van der Waals surface area contributed by atoms with Gasteiger partial charge in [0.15, 0.2) is 0 Å². The number of rotatable bonds is 7. The van der Waals surface area contributed by atoms with Crippen LogP contribution >= 0.6 is 0 Å². The third-order valence-electron chi connectivity index (χ3n) is 2.96. The Kier molecular flexibility index (Phi) is 6.19. The van der Waals surface area contributed by atoms with Crippen LogP contribution in [0.4, 0.5) is 0 Å². The van der Waals surface area contributed by atoms with E-state index in [1.54, 1.807) is 7.11 Å². The van der Waals surface area contributed by atoms with Crippen molar-refractivity contribution in [2.45, 2.75) is 13.0 Å². The standard InChI is InChI=1S/C14H23NO2/c1-12(11-15(2)9-10-17-3)14(16)13-7-5-4-6-8-13/h4-8,12,14,16H,9-11H2,1-3H3. The van der Waals surface area contributed by atoms with Gasteiger partial charge in [0.2, 0.25) is 0 Å². The lowest BCUT2D eigenvalue weighted by Gasteiger charge is -2.25. The molecule has 1 N–H and O–H groups in total. The van der Waals surface area contributed by atoms with Crippen molar-refractivity contribution in [3.8, 4) is 0 Å². The molecule has 3 heteroatoms. The highest BCUT2D eigenvalue weighted by atomic mass is 16.5. The Morgan fingerprint density at radius 1 is 1.29 bits per heavy atom. The molecule has 17 heavy (non-hydrogen) atoms. The van der Waals surface area contributed by atoms with Crippen molar-refractivity contribution in [2.75, 3.05) is 33.9 Å². The SMILES string of the molecule is COCCN(C)CC(C)C(O)c1ccccc1. The van der Waals surface area contributed by atoms with Crippen LogP contribution in [0.25, 0.3) is 0 Å². The summed E-state index contributed by atoms with van der Waals surface area (Å²) in [6, 6.07) is 9.82. The van der Waals surface area contributed by atoms with Crippen molar-refractivity contribution in [1.29, 1.82) is 0 Å². The normalized spacial score (nSPS) is 14.9. The lowest BCUT2D eigenvalue weighted by molar-refractivity contribution is 0.0850. The molecule has 0 aliphatic heterocycles. The number of benzene rings is 1. The first-order chi connectivity index (χ1) is 8.15. The van der Waals surface area contributed by atoms with Crippen molar-refractivity contribution in [2.24, 2.45) is 5.92 Å². The van der Waals surface area contributed by atoms with Crippen molar-refractivity contribution >= 4 is 0 Å². The van der Waals surface area contributed by atoms with Crippen LogP contribution in [-0.4, -0.2) is 43.9 Å². The molecule has 0 aliphatic carbocycles. The summed E-state index contributed by atoms with van der Waals surface area (Å²) < 4.78 is 5.04. The maximum absolute atomic E-state index is 10.2. The molecule has 2 atom stereocenters. The third-order valence-corrected chi connectivity index (χ3v) is 2.96. The molecule has 0 saturated carbocycles. The summed E-state index contributed by atoms with van der Waals surface area (Å²) in [6.07, 6.45) is -0.402. The van der Waals surface area contributed by atoms with Crippen molar-refractivity contribution in [1.82, 2.24) is 4.90 Å². The van der Waals surface area contributed by atoms with Gasteiger partial charge in [-0.2, -0.15) is 0 Å². The van der Waals surface area contributed by atoms with Gasteiger partial charge in [-0.05, 0) is 18.5 Å². The van der Waals surface area contributed by atoms with E-state index in [1.807, 2.05) is 37.4 Å². The Hall–Kier alpha value is -0.900. The highest BCUT2D eigenvalue weighted by Crippen LogP contribution is 2.21. The fourth-order valence-electron chi connectivity index (χ4n) is 1.91. The van der Waals surface area contributed by atoms with E-state index in [0.717, 1.165) is 25.3 Å². The van der Waals surface area contributed by atoms with E-state index >= 15 is 0 Å². The molecule has 0 spiro atoms. The van der Waals surface area contributed by atoms with Crippen LogP contribution < -0.4 is 0 Å². The maximum atomic E-state index is 10.2. The van der Waals surface area contributed by atoms with Crippen LogP contribution in [0, 0.1) is 5.92 Å². The van der Waals surface area contributed by atoms with Crippen molar-refractivity contribution < 1.29 is 9.84 Å². The summed E-state index contributed by atoms with van der Waals surface area (Å²) in [5, 5.41) is 10.2. The molecule has 96 valence electrons. The van der Waals surface area contributed by atoms with Crippen LogP contribution in [0.15, 0.2) is 30.3 Å². The summed E-state index contributed by atoms with van der Waals surface area (Å²) in [4.78, 5) is 2.18. The van der Waals surface area contributed by atoms with Crippen LogP contribution in [0.3, 0.4) is 0 Å². The number of aliphatic hydroxyl groups excluding tert-OH is 1. The van der Waals surface area contributed by atoms with Crippen LogP contribution in [0.5, 0.6) is 0 Å². The van der Waals surface area contributed by atoms with E-state index < -0.39 is 6.10 Å². The van der Waals surface area contributed by atoms with E-state index in [1.165, 1.54) is 0 Å². The minimum Gasteiger partial charge on any atom is -0.388 e. The number of hydrogen-bond donors (Lipinski definition) is 1. The molecule has 0 saturated heterocycles. The number of ether oxygens (including phenoxy) is 1. The first kappa shape index (κ1) is 14.2. The lowest BCUT2D eigenvalue weighted by atomic mass is 9.97. The maximum Gasteiger partial charge on any atom is 0.0827 e. The lowest BCUT2D eigenvalue weighted by Crippen LogP contribution is -2.30. The van der Waals surface area contributed by atoms with E-state index in [9.17, 15) is 5.11 Å². The van der Waals surface area contributed by atoms with Crippen LogP contribution in [0.2, 0.25) is 0 Å². The molecule has 1 aromatic carbocycles. The Labute approximate surface area is 104 Å². The number of hydrogen-bond acceptors (Lipinski definition) is 3. The topological polar surface area (TPSA) is 32.7 Å². The van der Waals surface area contributed by atoms with E-state index in [2.05, 4.69) is 11.8 Å². The Morgan fingerprint density at radius 2 is 1.94 bits per heavy atom. The van der Waals surface area contributed by atoms with Crippen LogP contribution in [0.1, 0.15) is 18.6 Å². The van der Waals surface area contributed by atoms with E-state index in [-0.39, 0.29) is 5.92 Å². The molecule has 0 aromatic heterocycles. The van der Waals surface area contributed by atoms with E-state index in [0.29, 0.717) is 0 Å². The zero-order valence-electron chi connectivity index (χ0n) is 11.0. The second-order valence-corrected chi connectivity index (χ2v) is 4.59. The number of likely N-dealkylation sites (N-methyl/N-ethyl adjacent to an activating group) is 1. The molecule has 1 rings (SSSR count). The van der Waals surface area contributed by atoms with Gasteiger partial charge in [0.25, 0.3) is 0 Å². The highest BCUT2D eigenvalue weighted by molar-refractivity contribution is 5.17. The number of methoxy groups -OCH3 is 1. The van der Waals surface area contributed by atoms with Gasteiger partial charge < -0.3 is 14.7 Å². The molecule has 0 aliphatic rings. The van der Waals surface area contributed by atoms with Gasteiger partial charge in [0.05, 0.1) is 12.7 Å². The molecule has 0 heterocycles. The smallest absolute Gasteiger partial charge is 0.0827 e. The Morgan fingerprint density at radius 3 is 2.53 bits per heavy atom. The molecule has 0 fully saturated rings. The predicted octanol–water partition coefficient (Wildman–Crippen LogP) is 1.93. The van der Waals surface area contributed by atoms with Gasteiger partial charge in [-0.25, -0.2) is 0 Å². The first-order valence-corrected chi connectivity index (χ1v) is 6.05. The molecule has 1 aromatic rings. The van der Waals surface area contributed by atoms with Crippen molar-refractivity contribution in [3.63, 3.8) is 0 Å². The second-order valence-electron chi connectivity index (χ2n) is 4.59. The summed E-state index contributed by atoms with van der Waals surface area (Å²) in [7, 11) is 3.75. The predicted molar refractivity (Wildman–Crippen MR) is 69.9 cm³/mol. The van der Waals surface area contributed by atoms with E-state index in [4.69, 9.17) is 4.74 Å². The largest absolute Gasteiger partial charge is 0.388 e. The minimum atomic E-state index is -0.402. The molecule has 3 nitrogen and oxygen atoms in total. The zero-order valence-corrected chi connectivity index (χ0v) is 11.0. The summed E-state index contributed by atoms with van der Waals surface area (Å²) in [6.45, 7) is 4.55. The second kappa shape index (κ2) is 7.43. The molecular formula is C14H23NO2. The fourth-order valence-corrected chi connectivity index (χ4v) is 1.91. The summed E-state index contributed by atoms with van der Waals surface area (Å²) >= 11 is 0. The van der Waals surface area contributed by atoms with Gasteiger partial charge >= 0.3 is 0 Å². The van der Waals surface area contributed by atoms with Gasteiger partial charge in [0, 0.05) is 20.2 Å². The van der Waals surface area contributed by atoms with Gasteiger partial charge in [-0.3, -0.25) is 0 Å². The minimum absolute atomic E-state index is 0.208. The Balaban J connectivity index is 2.44. The average molecular weight is 237 g/mol. The van der Waals surface area contributed by atoms with Gasteiger partial charge in [-0.15, -0.1) is 0 Å². The molecule has 2 unspecified atom stereocenters. The zero-order chi connectivity index (χ0) is 12.7. The molecular weight excluding hydrogens is 214 g/mol. The quantitative estimate of drug-likeness (QED) is 0.786. The number of aliphatic hydroxyl groups is 1. The fraction of sp³-hybridized carbons (Fsp3) is 0.571. The highest BCUT2D eigenvalue weighted by Gasteiger charge is 2.17. The summed E-state index contributed by atoms with van der Waals surface area (Å²) in [5.41, 5.74) is 0.986. The first-order valence-electron chi connectivity index (χ1n) is 6.05. The van der Waals surface area contributed by atoms with Gasteiger partial charge in [0.1, 0.15) is 0 Å². The van der Waals surface area contributed by atoms with Crippen molar-refractivity contribution in [3.05, 3.63) is 35.9 Å². The average Bonchev–Trinajstić information content (AvgIpc) is 2.36. The third kappa shape index (κ3) is 4.86. The summed E-state index contributed by atoms with van der Waals surface area (Å²) in [5.74, 6) is 0.208. The molecule has 0 radical (unpaired) electrons. The molecule has 0 bridgehead atoms.